The van der Waals surface area contributed by atoms with Crippen LogP contribution in [0, 0.1) is 5.41 Å². The minimum absolute atomic E-state index is 0.656. The van der Waals surface area contributed by atoms with E-state index in [0.29, 0.717) is 5.41 Å². The monoisotopic (exact) mass is 395 g/mol. The summed E-state index contributed by atoms with van der Waals surface area (Å²) in [6, 6.07) is 10.5. The SMILES string of the molecule is c1cc(N2CCC3(CC2)CCN(C2CCC2)CC3)ccc1CN1CCCCCC1. The summed E-state index contributed by atoms with van der Waals surface area (Å²) in [5.41, 5.74) is 3.60. The molecule has 0 unspecified atom stereocenters. The fourth-order valence-electron chi connectivity index (χ4n) is 6.22. The van der Waals surface area contributed by atoms with Crippen molar-refractivity contribution in [2.45, 2.75) is 83.2 Å². The second-order valence-electron chi connectivity index (χ2n) is 10.5. The van der Waals surface area contributed by atoms with Crippen molar-refractivity contribution in [2.75, 3.05) is 44.2 Å². The molecule has 1 spiro atoms. The van der Waals surface area contributed by atoms with E-state index in [9.17, 15) is 0 Å². The Balaban J connectivity index is 1.11. The number of likely N-dealkylation sites (tertiary alicyclic amines) is 2. The summed E-state index contributed by atoms with van der Waals surface area (Å²) in [5, 5.41) is 0. The molecule has 4 fully saturated rings. The number of anilines is 1. The van der Waals surface area contributed by atoms with Gasteiger partial charge in [-0.05, 0) is 101 Å². The van der Waals surface area contributed by atoms with Crippen LogP contribution >= 0.6 is 0 Å². The van der Waals surface area contributed by atoms with Gasteiger partial charge in [-0.1, -0.05) is 31.4 Å². The standard InChI is InChI=1S/C26H41N3/c1-2-4-17-27(16-3-1)22-23-8-10-25(11-9-23)29-20-14-26(15-21-29)12-18-28(19-13-26)24-6-5-7-24/h8-11,24H,1-7,12-22H2. The molecule has 0 bridgehead atoms. The zero-order valence-corrected chi connectivity index (χ0v) is 18.5. The first kappa shape index (κ1) is 19.9. The average molecular weight is 396 g/mol. The van der Waals surface area contributed by atoms with Crippen molar-refractivity contribution in [3.8, 4) is 0 Å². The molecule has 0 aromatic heterocycles. The van der Waals surface area contributed by atoms with E-state index in [1.54, 1.807) is 0 Å². The normalized spacial score (nSPS) is 27.0. The Bertz CT molecular complexity index is 624. The van der Waals surface area contributed by atoms with Gasteiger partial charge in [0.05, 0.1) is 0 Å². The van der Waals surface area contributed by atoms with Crippen LogP contribution in [0.1, 0.15) is 76.2 Å². The molecule has 0 N–H and O–H groups in total. The topological polar surface area (TPSA) is 9.72 Å². The summed E-state index contributed by atoms with van der Waals surface area (Å²) in [4.78, 5) is 8.12. The van der Waals surface area contributed by atoms with Gasteiger partial charge in [-0.15, -0.1) is 0 Å². The molecule has 1 aromatic carbocycles. The molecule has 0 radical (unpaired) electrons. The molecule has 1 aromatic rings. The van der Waals surface area contributed by atoms with E-state index in [1.807, 2.05) is 0 Å². The summed E-state index contributed by atoms with van der Waals surface area (Å²) in [6.07, 6.45) is 15.7. The molecule has 3 saturated heterocycles. The third-order valence-electron chi connectivity index (χ3n) is 8.68. The van der Waals surface area contributed by atoms with E-state index in [2.05, 4.69) is 39.0 Å². The fourth-order valence-corrected chi connectivity index (χ4v) is 6.22. The lowest BCUT2D eigenvalue weighted by Gasteiger charge is -2.50. The van der Waals surface area contributed by atoms with E-state index in [-0.39, 0.29) is 0 Å². The van der Waals surface area contributed by atoms with Crippen LogP contribution < -0.4 is 4.90 Å². The molecule has 3 aliphatic heterocycles. The number of rotatable bonds is 4. The van der Waals surface area contributed by atoms with Crippen LogP contribution in [0.2, 0.25) is 0 Å². The zero-order valence-electron chi connectivity index (χ0n) is 18.5. The molecule has 3 heteroatoms. The van der Waals surface area contributed by atoms with Crippen molar-refractivity contribution >= 4 is 5.69 Å². The van der Waals surface area contributed by atoms with Crippen LogP contribution in [0.3, 0.4) is 0 Å². The first-order valence-corrected chi connectivity index (χ1v) is 12.6. The third kappa shape index (κ3) is 4.66. The van der Waals surface area contributed by atoms with Gasteiger partial charge in [0, 0.05) is 31.4 Å². The number of piperidine rings is 2. The van der Waals surface area contributed by atoms with Gasteiger partial charge in [-0.2, -0.15) is 0 Å². The molecule has 29 heavy (non-hydrogen) atoms. The predicted molar refractivity (Wildman–Crippen MR) is 123 cm³/mol. The van der Waals surface area contributed by atoms with E-state index in [1.165, 1.54) is 121 Å². The molecule has 3 heterocycles. The Labute approximate surface area is 178 Å². The van der Waals surface area contributed by atoms with Crippen LogP contribution in [-0.2, 0) is 6.54 Å². The van der Waals surface area contributed by atoms with Gasteiger partial charge in [0.25, 0.3) is 0 Å². The van der Waals surface area contributed by atoms with E-state index >= 15 is 0 Å². The van der Waals surface area contributed by atoms with Gasteiger partial charge in [-0.3, -0.25) is 4.90 Å². The van der Waals surface area contributed by atoms with E-state index in [0.717, 1.165) is 12.6 Å². The Kier molecular flexibility index (Phi) is 6.15. The number of nitrogens with zero attached hydrogens (tertiary/aromatic N) is 3. The van der Waals surface area contributed by atoms with Crippen molar-refractivity contribution in [1.82, 2.24) is 9.80 Å². The smallest absolute Gasteiger partial charge is 0.0366 e. The second-order valence-corrected chi connectivity index (χ2v) is 10.5. The first-order valence-electron chi connectivity index (χ1n) is 12.6. The quantitative estimate of drug-likeness (QED) is 0.685. The highest BCUT2D eigenvalue weighted by atomic mass is 15.2. The summed E-state index contributed by atoms with van der Waals surface area (Å²) >= 11 is 0. The lowest BCUT2D eigenvalue weighted by atomic mass is 9.70. The largest absolute Gasteiger partial charge is 0.371 e. The highest BCUT2D eigenvalue weighted by Gasteiger charge is 2.39. The van der Waals surface area contributed by atoms with Crippen LogP contribution in [0.5, 0.6) is 0 Å². The van der Waals surface area contributed by atoms with Crippen LogP contribution in [-0.4, -0.2) is 55.1 Å². The summed E-state index contributed by atoms with van der Waals surface area (Å²) in [5.74, 6) is 0. The highest BCUT2D eigenvalue weighted by Crippen LogP contribution is 2.43. The van der Waals surface area contributed by atoms with Crippen molar-refractivity contribution in [2.24, 2.45) is 5.41 Å². The van der Waals surface area contributed by atoms with Gasteiger partial charge < -0.3 is 9.80 Å². The minimum atomic E-state index is 0.656. The zero-order chi connectivity index (χ0) is 19.5. The minimum Gasteiger partial charge on any atom is -0.371 e. The fraction of sp³-hybridized carbons (Fsp3) is 0.769. The predicted octanol–water partition coefficient (Wildman–Crippen LogP) is 5.30. The molecule has 1 saturated carbocycles. The maximum absolute atomic E-state index is 2.81. The lowest BCUT2D eigenvalue weighted by Crippen LogP contribution is -2.50. The molecular formula is C26H41N3. The van der Waals surface area contributed by atoms with Gasteiger partial charge >= 0.3 is 0 Å². The van der Waals surface area contributed by atoms with E-state index in [4.69, 9.17) is 0 Å². The van der Waals surface area contributed by atoms with Crippen LogP contribution in [0.15, 0.2) is 24.3 Å². The highest BCUT2D eigenvalue weighted by molar-refractivity contribution is 5.48. The van der Waals surface area contributed by atoms with E-state index < -0.39 is 0 Å². The Morgan fingerprint density at radius 2 is 1.31 bits per heavy atom. The number of hydrogen-bond acceptors (Lipinski definition) is 3. The molecule has 0 atom stereocenters. The Morgan fingerprint density at radius 3 is 1.90 bits per heavy atom. The Morgan fingerprint density at radius 1 is 0.690 bits per heavy atom. The summed E-state index contributed by atoms with van der Waals surface area (Å²) < 4.78 is 0. The Hall–Kier alpha value is -1.06. The maximum atomic E-state index is 2.81. The van der Waals surface area contributed by atoms with Gasteiger partial charge in [-0.25, -0.2) is 0 Å². The summed E-state index contributed by atoms with van der Waals surface area (Å²) in [6.45, 7) is 8.97. The average Bonchev–Trinajstić information content (AvgIpc) is 2.99. The van der Waals surface area contributed by atoms with Crippen molar-refractivity contribution in [1.29, 1.82) is 0 Å². The molecule has 1 aliphatic carbocycles. The molecule has 160 valence electrons. The van der Waals surface area contributed by atoms with Crippen molar-refractivity contribution < 1.29 is 0 Å². The first-order chi connectivity index (χ1) is 14.3. The van der Waals surface area contributed by atoms with Crippen LogP contribution in [0.4, 0.5) is 5.69 Å². The molecule has 0 amide bonds. The third-order valence-corrected chi connectivity index (χ3v) is 8.68. The maximum Gasteiger partial charge on any atom is 0.0366 e. The molecule has 4 aliphatic rings. The second kappa shape index (κ2) is 8.98. The summed E-state index contributed by atoms with van der Waals surface area (Å²) in [7, 11) is 0. The van der Waals surface area contributed by atoms with Gasteiger partial charge in [0.15, 0.2) is 0 Å². The van der Waals surface area contributed by atoms with Gasteiger partial charge in [0.2, 0.25) is 0 Å². The van der Waals surface area contributed by atoms with Crippen molar-refractivity contribution in [3.05, 3.63) is 29.8 Å². The molecular weight excluding hydrogens is 354 g/mol. The number of hydrogen-bond donors (Lipinski definition) is 0. The molecule has 3 nitrogen and oxygen atoms in total. The van der Waals surface area contributed by atoms with Gasteiger partial charge in [0.1, 0.15) is 0 Å². The lowest BCUT2D eigenvalue weighted by molar-refractivity contribution is 0.0306. The van der Waals surface area contributed by atoms with Crippen molar-refractivity contribution in [3.63, 3.8) is 0 Å². The van der Waals surface area contributed by atoms with Crippen LogP contribution in [0.25, 0.3) is 0 Å². The number of benzene rings is 1. The molecule has 5 rings (SSSR count).